The van der Waals surface area contributed by atoms with E-state index in [1.165, 1.54) is 0 Å². The van der Waals surface area contributed by atoms with Crippen LogP contribution in [0.15, 0.2) is 42.5 Å². The summed E-state index contributed by atoms with van der Waals surface area (Å²) in [6.07, 6.45) is 0.0857. The molecular weight excluding hydrogens is 495 g/mol. The van der Waals surface area contributed by atoms with E-state index >= 15 is 0 Å². The molecule has 1 aliphatic rings. The molecule has 6 nitrogen and oxygen atoms in total. The third-order valence-electron chi connectivity index (χ3n) is 5.78. The lowest BCUT2D eigenvalue weighted by molar-refractivity contribution is 0.0182. The lowest BCUT2D eigenvalue weighted by Gasteiger charge is -2.39. The molecule has 1 N–H and O–H groups in total. The Morgan fingerprint density at radius 1 is 1.12 bits per heavy atom. The molecular formula is C25H32Cl2N2O4S. The van der Waals surface area contributed by atoms with Crippen LogP contribution in [0.3, 0.4) is 0 Å². The van der Waals surface area contributed by atoms with Crippen molar-refractivity contribution in [3.8, 4) is 11.1 Å². The number of nitrogens with one attached hydrogen (secondary N) is 1. The van der Waals surface area contributed by atoms with Crippen molar-refractivity contribution in [2.24, 2.45) is 0 Å². The molecule has 0 bridgehead atoms. The highest BCUT2D eigenvalue weighted by Gasteiger charge is 2.37. The van der Waals surface area contributed by atoms with Gasteiger partial charge in [0.2, 0.25) is 10.0 Å². The first kappa shape index (κ1) is 26.8. The number of amides is 1. The van der Waals surface area contributed by atoms with Gasteiger partial charge < -0.3 is 9.64 Å². The number of benzene rings is 2. The fraction of sp³-hybridized carbons (Fsp3) is 0.480. The van der Waals surface area contributed by atoms with Crippen LogP contribution in [0, 0.1) is 0 Å². The number of likely N-dealkylation sites (tertiary alicyclic amines) is 1. The fourth-order valence-corrected chi connectivity index (χ4v) is 5.27. The molecule has 9 heteroatoms. The molecule has 1 aliphatic heterocycles. The van der Waals surface area contributed by atoms with Gasteiger partial charge in [-0.25, -0.2) is 17.9 Å². The summed E-state index contributed by atoms with van der Waals surface area (Å²) in [5.74, 6) is -0.237. The molecule has 1 saturated heterocycles. The first-order valence-electron chi connectivity index (χ1n) is 11.3. The van der Waals surface area contributed by atoms with E-state index in [2.05, 4.69) is 4.72 Å². The molecule has 34 heavy (non-hydrogen) atoms. The topological polar surface area (TPSA) is 75.7 Å². The number of carbonyl (C=O) groups is 1. The predicted octanol–water partition coefficient (Wildman–Crippen LogP) is 6.08. The van der Waals surface area contributed by atoms with Crippen molar-refractivity contribution in [3.05, 3.63) is 58.1 Å². The van der Waals surface area contributed by atoms with Crippen molar-refractivity contribution in [3.63, 3.8) is 0 Å². The van der Waals surface area contributed by atoms with Gasteiger partial charge in [0, 0.05) is 40.7 Å². The zero-order valence-electron chi connectivity index (χ0n) is 20.1. The molecule has 2 aromatic rings. The van der Waals surface area contributed by atoms with E-state index in [1.54, 1.807) is 30.9 Å². The second-order valence-electron chi connectivity index (χ2n) is 9.89. The van der Waals surface area contributed by atoms with Crippen LogP contribution in [0.4, 0.5) is 4.79 Å². The highest BCUT2D eigenvalue weighted by Crippen LogP contribution is 2.34. The number of rotatable bonds is 5. The summed E-state index contributed by atoms with van der Waals surface area (Å²) in [5, 5.41) is 0.629. The lowest BCUT2D eigenvalue weighted by Crippen LogP contribution is -2.53. The highest BCUT2D eigenvalue weighted by atomic mass is 35.5. The van der Waals surface area contributed by atoms with E-state index in [-0.39, 0.29) is 12.0 Å². The maximum absolute atomic E-state index is 12.7. The number of carbonyl (C=O) groups excluding carboxylic acids is 1. The second kappa shape index (κ2) is 10.4. The van der Waals surface area contributed by atoms with Crippen molar-refractivity contribution in [2.75, 3.05) is 13.1 Å². The number of ether oxygens (including phenoxy) is 1. The molecule has 2 atom stereocenters. The molecule has 0 aromatic heterocycles. The van der Waals surface area contributed by atoms with Gasteiger partial charge in [-0.15, -0.1) is 0 Å². The third kappa shape index (κ3) is 6.66. The van der Waals surface area contributed by atoms with Gasteiger partial charge in [0.25, 0.3) is 0 Å². The zero-order chi connectivity index (χ0) is 25.3. The van der Waals surface area contributed by atoms with Crippen LogP contribution < -0.4 is 4.72 Å². The van der Waals surface area contributed by atoms with Gasteiger partial charge in [0.1, 0.15) is 5.60 Å². The van der Waals surface area contributed by atoms with E-state index in [4.69, 9.17) is 27.9 Å². The van der Waals surface area contributed by atoms with Crippen molar-refractivity contribution in [2.45, 2.75) is 63.9 Å². The molecule has 1 amide bonds. The van der Waals surface area contributed by atoms with E-state index < -0.39 is 27.0 Å². The van der Waals surface area contributed by atoms with Crippen LogP contribution in [0.2, 0.25) is 10.0 Å². The SMILES string of the molecule is CC(C)S(=O)(=O)N[C@H]1CCN(C(=O)OC(C)(C)C)C[C@@H]1c1ccc(-c2cc(Cl)ccc2Cl)cc1. The van der Waals surface area contributed by atoms with E-state index in [0.29, 0.717) is 29.6 Å². The number of nitrogens with zero attached hydrogens (tertiary/aromatic N) is 1. The minimum atomic E-state index is -3.48. The smallest absolute Gasteiger partial charge is 0.410 e. The molecule has 0 unspecified atom stereocenters. The van der Waals surface area contributed by atoms with E-state index in [1.807, 2.05) is 51.1 Å². The van der Waals surface area contributed by atoms with Crippen LogP contribution in [0.5, 0.6) is 0 Å². The molecule has 0 radical (unpaired) electrons. The lowest BCUT2D eigenvalue weighted by atomic mass is 9.86. The van der Waals surface area contributed by atoms with Crippen LogP contribution in [0.25, 0.3) is 11.1 Å². The number of sulfonamides is 1. The molecule has 2 aromatic carbocycles. The molecule has 186 valence electrons. The summed E-state index contributed by atoms with van der Waals surface area (Å²) in [6, 6.07) is 12.7. The zero-order valence-corrected chi connectivity index (χ0v) is 22.5. The maximum Gasteiger partial charge on any atom is 0.410 e. The Kier molecular flexibility index (Phi) is 8.23. The van der Waals surface area contributed by atoms with Gasteiger partial charge in [0.05, 0.1) is 5.25 Å². The van der Waals surface area contributed by atoms with Crippen molar-refractivity contribution in [1.82, 2.24) is 9.62 Å². The molecule has 0 saturated carbocycles. The third-order valence-corrected chi connectivity index (χ3v) is 8.22. The minimum Gasteiger partial charge on any atom is -0.444 e. The summed E-state index contributed by atoms with van der Waals surface area (Å²) >= 11 is 12.5. The first-order chi connectivity index (χ1) is 15.8. The molecule has 1 fully saturated rings. The number of hydrogen-bond donors (Lipinski definition) is 1. The average molecular weight is 528 g/mol. The molecule has 0 aliphatic carbocycles. The van der Waals surface area contributed by atoms with Gasteiger partial charge in [-0.05, 0) is 70.4 Å². The average Bonchev–Trinajstić information content (AvgIpc) is 2.74. The van der Waals surface area contributed by atoms with Gasteiger partial charge in [-0.3, -0.25) is 0 Å². The monoisotopic (exact) mass is 526 g/mol. The largest absolute Gasteiger partial charge is 0.444 e. The Balaban J connectivity index is 1.91. The molecule has 3 rings (SSSR count). The van der Waals surface area contributed by atoms with E-state index in [0.717, 1.165) is 16.7 Å². The van der Waals surface area contributed by atoms with Gasteiger partial charge in [-0.1, -0.05) is 47.5 Å². The maximum atomic E-state index is 12.7. The predicted molar refractivity (Wildman–Crippen MR) is 138 cm³/mol. The number of piperidine rings is 1. The minimum absolute atomic E-state index is 0.237. The van der Waals surface area contributed by atoms with Crippen LogP contribution in [0.1, 0.15) is 52.5 Å². The standard InChI is InChI=1S/C25H32Cl2N2O4S/c1-16(2)34(31,32)28-23-12-13-29(24(30)33-25(3,4)5)15-21(23)18-8-6-17(7-9-18)20-14-19(26)10-11-22(20)27/h6-11,14,16,21,23,28H,12-13,15H2,1-5H3/t21-,23+/m1/s1. The van der Waals surface area contributed by atoms with Crippen LogP contribution >= 0.6 is 23.2 Å². The Morgan fingerprint density at radius 2 is 1.76 bits per heavy atom. The number of hydrogen-bond acceptors (Lipinski definition) is 4. The summed E-state index contributed by atoms with van der Waals surface area (Å²) < 4.78 is 33.7. The molecule has 1 heterocycles. The summed E-state index contributed by atoms with van der Waals surface area (Å²) in [5.41, 5.74) is 2.03. The van der Waals surface area contributed by atoms with Gasteiger partial charge >= 0.3 is 6.09 Å². The molecule has 0 spiro atoms. The van der Waals surface area contributed by atoms with Gasteiger partial charge in [-0.2, -0.15) is 0 Å². The Bertz CT molecular complexity index is 1130. The normalized spacial score (nSPS) is 19.4. The second-order valence-corrected chi connectivity index (χ2v) is 13.0. The quantitative estimate of drug-likeness (QED) is 0.511. The Morgan fingerprint density at radius 3 is 2.35 bits per heavy atom. The van der Waals surface area contributed by atoms with Crippen molar-refractivity contribution < 1.29 is 17.9 Å². The fourth-order valence-electron chi connectivity index (χ4n) is 3.90. The van der Waals surface area contributed by atoms with Crippen molar-refractivity contribution in [1.29, 1.82) is 0 Å². The first-order valence-corrected chi connectivity index (χ1v) is 13.6. The summed E-state index contributed by atoms with van der Waals surface area (Å²) in [7, 11) is -3.48. The van der Waals surface area contributed by atoms with Gasteiger partial charge in [0.15, 0.2) is 0 Å². The Labute approximate surface area is 212 Å². The Hall–Kier alpha value is -1.80. The van der Waals surface area contributed by atoms with E-state index in [9.17, 15) is 13.2 Å². The van der Waals surface area contributed by atoms with Crippen molar-refractivity contribution >= 4 is 39.3 Å². The highest BCUT2D eigenvalue weighted by molar-refractivity contribution is 7.90. The summed E-state index contributed by atoms with van der Waals surface area (Å²) in [4.78, 5) is 14.4. The van der Waals surface area contributed by atoms with Crippen LogP contribution in [-0.4, -0.2) is 49.4 Å². The summed E-state index contributed by atoms with van der Waals surface area (Å²) in [6.45, 7) is 9.53. The number of halogens is 2. The van der Waals surface area contributed by atoms with Crippen LogP contribution in [-0.2, 0) is 14.8 Å².